The number of sulfone groups is 1. The minimum atomic E-state index is -3.44. The summed E-state index contributed by atoms with van der Waals surface area (Å²) in [7, 11) is -3.44. The Morgan fingerprint density at radius 1 is 1.14 bits per heavy atom. The van der Waals surface area contributed by atoms with Crippen LogP contribution in [0.2, 0.25) is 5.02 Å². The van der Waals surface area contributed by atoms with Gasteiger partial charge >= 0.3 is 0 Å². The highest BCUT2D eigenvalue weighted by molar-refractivity contribution is 7.91. The van der Waals surface area contributed by atoms with E-state index in [2.05, 4.69) is 10.3 Å². The van der Waals surface area contributed by atoms with Crippen molar-refractivity contribution in [1.29, 1.82) is 0 Å². The highest BCUT2D eigenvalue weighted by Gasteiger charge is 2.18. The predicted molar refractivity (Wildman–Crippen MR) is 113 cm³/mol. The molecule has 3 rings (SSSR count). The van der Waals surface area contributed by atoms with Crippen LogP contribution in [0.4, 0.5) is 0 Å². The summed E-state index contributed by atoms with van der Waals surface area (Å²) in [5, 5.41) is 3.93. The smallest absolute Gasteiger partial charge is 0.263 e. The van der Waals surface area contributed by atoms with Gasteiger partial charge in [0.05, 0.1) is 16.3 Å². The third-order valence-corrected chi connectivity index (χ3v) is 7.10. The number of hydrogen-bond donors (Lipinski definition) is 1. The number of amides is 1. The molecule has 0 aliphatic rings. The zero-order chi connectivity index (χ0) is 20.9. The molecular formula is C20H19ClN2O4S2. The Balaban J connectivity index is 1.55. The number of thiazole rings is 1. The van der Waals surface area contributed by atoms with Gasteiger partial charge in [-0.1, -0.05) is 29.8 Å². The third-order valence-electron chi connectivity index (χ3n) is 3.98. The number of carbonyl (C=O) groups excluding carboxylic acids is 1. The largest absolute Gasteiger partial charge is 0.486 e. The normalized spacial score (nSPS) is 11.2. The molecule has 1 amide bonds. The van der Waals surface area contributed by atoms with Gasteiger partial charge in [0.2, 0.25) is 0 Å². The molecular weight excluding hydrogens is 432 g/mol. The number of rotatable bonds is 8. The van der Waals surface area contributed by atoms with Crippen molar-refractivity contribution >= 4 is 38.7 Å². The van der Waals surface area contributed by atoms with Crippen LogP contribution < -0.4 is 10.1 Å². The van der Waals surface area contributed by atoms with Gasteiger partial charge in [-0.05, 0) is 43.3 Å². The van der Waals surface area contributed by atoms with Crippen molar-refractivity contribution < 1.29 is 17.9 Å². The fraction of sp³-hybridized carbons (Fsp3) is 0.200. The van der Waals surface area contributed by atoms with Gasteiger partial charge in [0, 0.05) is 11.6 Å². The fourth-order valence-corrected chi connectivity index (χ4v) is 4.72. The maximum Gasteiger partial charge on any atom is 0.263 e. The Morgan fingerprint density at radius 2 is 1.83 bits per heavy atom. The molecule has 0 radical (unpaired) electrons. The lowest BCUT2D eigenvalue weighted by atomic mass is 10.3. The highest BCUT2D eigenvalue weighted by atomic mass is 35.5. The van der Waals surface area contributed by atoms with Crippen LogP contribution in [0.25, 0.3) is 0 Å². The second-order valence-electron chi connectivity index (χ2n) is 6.15. The second-order valence-corrected chi connectivity index (χ2v) is 9.78. The van der Waals surface area contributed by atoms with E-state index in [0.717, 1.165) is 0 Å². The summed E-state index contributed by atoms with van der Waals surface area (Å²) in [6, 6.07) is 15.1. The number of ether oxygens (including phenoxy) is 1. The van der Waals surface area contributed by atoms with E-state index >= 15 is 0 Å². The van der Waals surface area contributed by atoms with Crippen molar-refractivity contribution in [1.82, 2.24) is 10.3 Å². The summed E-state index contributed by atoms with van der Waals surface area (Å²) in [5.41, 5.74) is 0.577. The lowest BCUT2D eigenvalue weighted by molar-refractivity contribution is 0.0959. The zero-order valence-corrected chi connectivity index (χ0v) is 18.0. The molecule has 0 atom stereocenters. The average molecular weight is 451 g/mol. The average Bonchev–Trinajstić information content (AvgIpc) is 3.09. The monoisotopic (exact) mass is 450 g/mol. The molecule has 0 saturated carbocycles. The number of benzene rings is 2. The molecule has 0 aliphatic carbocycles. The quantitative estimate of drug-likeness (QED) is 0.562. The van der Waals surface area contributed by atoms with Crippen LogP contribution >= 0.6 is 22.9 Å². The first-order chi connectivity index (χ1) is 13.8. The molecule has 0 bridgehead atoms. The van der Waals surface area contributed by atoms with Crippen LogP contribution in [-0.2, 0) is 16.4 Å². The molecule has 0 aliphatic heterocycles. The van der Waals surface area contributed by atoms with Crippen molar-refractivity contribution in [2.45, 2.75) is 18.4 Å². The van der Waals surface area contributed by atoms with Gasteiger partial charge in [0.1, 0.15) is 22.2 Å². The second kappa shape index (κ2) is 9.39. The van der Waals surface area contributed by atoms with E-state index in [4.69, 9.17) is 16.3 Å². The first-order valence-electron chi connectivity index (χ1n) is 8.76. The maximum atomic E-state index is 12.4. The topological polar surface area (TPSA) is 85.4 Å². The molecule has 1 aromatic heterocycles. The summed E-state index contributed by atoms with van der Waals surface area (Å²) < 4.78 is 30.2. The van der Waals surface area contributed by atoms with Crippen LogP contribution in [0.1, 0.15) is 20.4 Å². The standard InChI is InChI=1S/C20H19ClN2O4S2/c1-14-19(28-18(23-14)13-27-16-9-7-15(21)8-10-16)20(24)22-11-12-29(25,26)17-5-3-2-4-6-17/h2-10H,11-13H2,1H3,(H,22,24). The highest BCUT2D eigenvalue weighted by Crippen LogP contribution is 2.21. The SMILES string of the molecule is Cc1nc(COc2ccc(Cl)cc2)sc1C(=O)NCCS(=O)(=O)c1ccccc1. The molecule has 0 spiro atoms. The molecule has 0 unspecified atom stereocenters. The molecule has 29 heavy (non-hydrogen) atoms. The number of aromatic nitrogens is 1. The Bertz CT molecular complexity index is 1080. The minimum absolute atomic E-state index is 0.0179. The number of hydrogen-bond acceptors (Lipinski definition) is 6. The van der Waals surface area contributed by atoms with Gasteiger partial charge in [-0.25, -0.2) is 13.4 Å². The molecule has 0 saturated heterocycles. The van der Waals surface area contributed by atoms with E-state index in [1.807, 2.05) is 0 Å². The van der Waals surface area contributed by atoms with Crippen molar-refractivity contribution in [3.8, 4) is 5.75 Å². The van der Waals surface area contributed by atoms with Crippen molar-refractivity contribution in [3.05, 3.63) is 75.2 Å². The van der Waals surface area contributed by atoms with Gasteiger partial charge in [0.25, 0.3) is 5.91 Å². The number of aryl methyl sites for hydroxylation is 1. The Hall–Kier alpha value is -2.42. The van der Waals surface area contributed by atoms with Gasteiger partial charge in [-0.15, -0.1) is 11.3 Å². The number of nitrogens with one attached hydrogen (secondary N) is 1. The lowest BCUT2D eigenvalue weighted by Gasteiger charge is -2.06. The summed E-state index contributed by atoms with van der Waals surface area (Å²) >= 11 is 7.07. The van der Waals surface area contributed by atoms with E-state index in [-0.39, 0.29) is 29.7 Å². The summed E-state index contributed by atoms with van der Waals surface area (Å²) in [4.78, 5) is 17.5. The van der Waals surface area contributed by atoms with Crippen LogP contribution in [-0.4, -0.2) is 31.6 Å². The zero-order valence-electron chi connectivity index (χ0n) is 15.6. The summed E-state index contributed by atoms with van der Waals surface area (Å²) in [6.07, 6.45) is 0. The summed E-state index contributed by atoms with van der Waals surface area (Å²) in [6.45, 7) is 1.98. The van der Waals surface area contributed by atoms with Gasteiger partial charge < -0.3 is 10.1 Å². The molecule has 0 fully saturated rings. The molecule has 152 valence electrons. The van der Waals surface area contributed by atoms with Gasteiger partial charge in [-0.2, -0.15) is 0 Å². The number of halogens is 1. The van der Waals surface area contributed by atoms with Gasteiger partial charge in [0.15, 0.2) is 9.84 Å². The van der Waals surface area contributed by atoms with E-state index < -0.39 is 9.84 Å². The number of nitrogens with zero attached hydrogens (tertiary/aromatic N) is 1. The fourth-order valence-electron chi connectivity index (χ4n) is 2.53. The van der Waals surface area contributed by atoms with Crippen molar-refractivity contribution in [2.75, 3.05) is 12.3 Å². The van der Waals surface area contributed by atoms with E-state index in [0.29, 0.717) is 26.4 Å². The summed E-state index contributed by atoms with van der Waals surface area (Å²) in [5.74, 6) is 0.132. The molecule has 2 aromatic carbocycles. The minimum Gasteiger partial charge on any atom is -0.486 e. The van der Waals surface area contributed by atoms with E-state index in [1.165, 1.54) is 23.5 Å². The predicted octanol–water partition coefficient (Wildman–Crippen LogP) is 3.89. The van der Waals surface area contributed by atoms with Crippen LogP contribution in [0, 0.1) is 6.92 Å². The maximum absolute atomic E-state index is 12.4. The van der Waals surface area contributed by atoms with Crippen molar-refractivity contribution in [2.24, 2.45) is 0 Å². The third kappa shape index (κ3) is 5.79. The molecule has 6 nitrogen and oxygen atoms in total. The Kier molecular flexibility index (Phi) is 6.89. The number of carbonyl (C=O) groups is 1. The molecule has 3 aromatic rings. The van der Waals surface area contributed by atoms with Crippen molar-refractivity contribution in [3.63, 3.8) is 0 Å². The van der Waals surface area contributed by atoms with E-state index in [9.17, 15) is 13.2 Å². The molecule has 1 heterocycles. The lowest BCUT2D eigenvalue weighted by Crippen LogP contribution is -2.29. The molecule has 1 N–H and O–H groups in total. The van der Waals surface area contributed by atoms with E-state index in [1.54, 1.807) is 49.4 Å². The Labute approximate surface area is 178 Å². The van der Waals surface area contributed by atoms with Crippen LogP contribution in [0.15, 0.2) is 59.5 Å². The van der Waals surface area contributed by atoms with Crippen LogP contribution in [0.3, 0.4) is 0 Å². The van der Waals surface area contributed by atoms with Crippen LogP contribution in [0.5, 0.6) is 5.75 Å². The first kappa shape index (κ1) is 21.3. The van der Waals surface area contributed by atoms with Gasteiger partial charge in [-0.3, -0.25) is 4.79 Å². The Morgan fingerprint density at radius 3 is 2.52 bits per heavy atom. The molecule has 9 heteroatoms. The first-order valence-corrected chi connectivity index (χ1v) is 11.6.